The maximum absolute atomic E-state index is 13.3. The largest absolute Gasteiger partial charge is 0.493 e. The molecule has 0 fully saturated rings. The number of methoxy groups -OCH3 is 2. The third-order valence-electron chi connectivity index (χ3n) is 6.06. The number of amides is 2. The van der Waals surface area contributed by atoms with E-state index in [1.54, 1.807) is 37.0 Å². The van der Waals surface area contributed by atoms with E-state index in [4.69, 9.17) is 18.9 Å². The number of ether oxygens (including phenoxy) is 4. The van der Waals surface area contributed by atoms with Crippen molar-refractivity contribution in [3.8, 4) is 11.5 Å². The number of nitrogens with zero attached hydrogens (tertiary/aromatic N) is 2. The van der Waals surface area contributed by atoms with Crippen molar-refractivity contribution < 1.29 is 28.5 Å². The summed E-state index contributed by atoms with van der Waals surface area (Å²) < 4.78 is 22.3. The summed E-state index contributed by atoms with van der Waals surface area (Å²) in [6.45, 7) is 10.7. The summed E-state index contributed by atoms with van der Waals surface area (Å²) in [6, 6.07) is 12.8. The maximum Gasteiger partial charge on any atom is 0.414 e. The molecule has 8 heteroatoms. The van der Waals surface area contributed by atoms with Gasteiger partial charge < -0.3 is 18.9 Å². The highest BCUT2D eigenvalue weighted by Crippen LogP contribution is 2.46. The minimum atomic E-state index is -0.435. The highest BCUT2D eigenvalue weighted by molar-refractivity contribution is 5.91. The molecule has 1 aliphatic rings. The van der Waals surface area contributed by atoms with Crippen LogP contribution in [0.5, 0.6) is 11.5 Å². The minimum absolute atomic E-state index is 0.173. The van der Waals surface area contributed by atoms with Gasteiger partial charge in [-0.3, -0.25) is 9.80 Å². The SMILES string of the molecule is CCOC(=O)N(Cc1ccccc1)C1CC(C)N(C(=O)OCC(C)(C)C)c2cc(OC)c(OC)cc21. The summed E-state index contributed by atoms with van der Waals surface area (Å²) in [5.74, 6) is 1.01. The molecule has 0 N–H and O–H groups in total. The van der Waals surface area contributed by atoms with Gasteiger partial charge in [-0.05, 0) is 37.3 Å². The molecule has 196 valence electrons. The van der Waals surface area contributed by atoms with Crippen LogP contribution in [0.15, 0.2) is 42.5 Å². The van der Waals surface area contributed by atoms with Gasteiger partial charge in [0.15, 0.2) is 11.5 Å². The minimum Gasteiger partial charge on any atom is -0.493 e. The lowest BCUT2D eigenvalue weighted by Crippen LogP contribution is -2.48. The first-order valence-electron chi connectivity index (χ1n) is 12.3. The van der Waals surface area contributed by atoms with Crippen LogP contribution in [0.3, 0.4) is 0 Å². The lowest BCUT2D eigenvalue weighted by Gasteiger charge is -2.43. The Morgan fingerprint density at radius 3 is 2.25 bits per heavy atom. The molecule has 2 aromatic carbocycles. The van der Waals surface area contributed by atoms with Crippen LogP contribution < -0.4 is 14.4 Å². The maximum atomic E-state index is 13.3. The van der Waals surface area contributed by atoms with E-state index < -0.39 is 12.2 Å². The van der Waals surface area contributed by atoms with Gasteiger partial charge in [-0.2, -0.15) is 0 Å². The molecule has 1 heterocycles. The average molecular weight is 499 g/mol. The molecule has 0 radical (unpaired) electrons. The fourth-order valence-corrected chi connectivity index (χ4v) is 4.36. The Bertz CT molecular complexity index is 1050. The standard InChI is InChI=1S/C28H38N2O6/c1-8-35-26(31)29(17-20-12-10-9-11-13-20)22-14-19(2)30(27(32)36-18-28(3,4)5)23-16-25(34-7)24(33-6)15-21(22)23/h9-13,15-16,19,22H,8,14,17-18H2,1-7H3. The van der Waals surface area contributed by atoms with Gasteiger partial charge in [0.05, 0.1) is 39.2 Å². The van der Waals surface area contributed by atoms with E-state index in [-0.39, 0.29) is 30.7 Å². The second kappa shape index (κ2) is 11.5. The molecule has 1 aliphatic heterocycles. The third kappa shape index (κ3) is 6.22. The van der Waals surface area contributed by atoms with Crippen LogP contribution in [0, 0.1) is 5.41 Å². The number of fused-ring (bicyclic) bond motifs is 1. The Kier molecular flexibility index (Phi) is 8.71. The van der Waals surface area contributed by atoms with Crippen LogP contribution in [0.4, 0.5) is 15.3 Å². The van der Waals surface area contributed by atoms with Crippen LogP contribution >= 0.6 is 0 Å². The lowest BCUT2D eigenvalue weighted by molar-refractivity contribution is 0.0796. The van der Waals surface area contributed by atoms with Crippen molar-refractivity contribution in [3.63, 3.8) is 0 Å². The second-order valence-electron chi connectivity index (χ2n) is 10.2. The van der Waals surface area contributed by atoms with Crippen LogP contribution in [-0.2, 0) is 16.0 Å². The Morgan fingerprint density at radius 2 is 1.67 bits per heavy atom. The molecule has 0 bridgehead atoms. The summed E-state index contributed by atoms with van der Waals surface area (Å²) in [5.41, 5.74) is 2.20. The number of hydrogen-bond acceptors (Lipinski definition) is 6. The van der Waals surface area contributed by atoms with Gasteiger partial charge in [-0.15, -0.1) is 0 Å². The summed E-state index contributed by atoms with van der Waals surface area (Å²) in [4.78, 5) is 29.9. The average Bonchev–Trinajstić information content (AvgIpc) is 2.85. The normalized spacial score (nSPS) is 17.1. The highest BCUT2D eigenvalue weighted by atomic mass is 16.6. The molecule has 0 saturated carbocycles. The topological polar surface area (TPSA) is 77.5 Å². The van der Waals surface area contributed by atoms with E-state index in [0.29, 0.717) is 30.2 Å². The number of carbonyl (C=O) groups excluding carboxylic acids is 2. The first-order chi connectivity index (χ1) is 17.1. The van der Waals surface area contributed by atoms with Gasteiger partial charge in [0.2, 0.25) is 0 Å². The Balaban J connectivity index is 2.10. The number of anilines is 1. The number of rotatable bonds is 7. The van der Waals surface area contributed by atoms with E-state index in [1.807, 2.05) is 64.1 Å². The fourth-order valence-electron chi connectivity index (χ4n) is 4.36. The molecule has 2 aromatic rings. The van der Waals surface area contributed by atoms with E-state index in [2.05, 4.69) is 0 Å². The lowest BCUT2D eigenvalue weighted by atomic mass is 9.90. The molecule has 2 unspecified atom stereocenters. The van der Waals surface area contributed by atoms with Crippen LogP contribution in [0.25, 0.3) is 0 Å². The van der Waals surface area contributed by atoms with E-state index in [1.165, 1.54) is 0 Å². The Morgan fingerprint density at radius 1 is 1.03 bits per heavy atom. The quantitative estimate of drug-likeness (QED) is 0.453. The summed E-state index contributed by atoms with van der Waals surface area (Å²) in [6.07, 6.45) is -0.350. The summed E-state index contributed by atoms with van der Waals surface area (Å²) in [7, 11) is 3.11. The smallest absolute Gasteiger partial charge is 0.414 e. The zero-order valence-corrected chi connectivity index (χ0v) is 22.4. The van der Waals surface area contributed by atoms with Crippen molar-refractivity contribution in [2.24, 2.45) is 5.41 Å². The predicted octanol–water partition coefficient (Wildman–Crippen LogP) is 6.18. The van der Waals surface area contributed by atoms with Crippen molar-refractivity contribution >= 4 is 17.9 Å². The van der Waals surface area contributed by atoms with Crippen LogP contribution in [-0.4, -0.2) is 50.6 Å². The third-order valence-corrected chi connectivity index (χ3v) is 6.06. The van der Waals surface area contributed by atoms with Gasteiger partial charge in [0.1, 0.15) is 0 Å². The molecular formula is C28H38N2O6. The Hall–Kier alpha value is -3.42. The van der Waals surface area contributed by atoms with Crippen LogP contribution in [0.1, 0.15) is 58.2 Å². The van der Waals surface area contributed by atoms with Gasteiger partial charge in [0, 0.05) is 24.2 Å². The molecule has 0 saturated heterocycles. The second-order valence-corrected chi connectivity index (χ2v) is 10.2. The Labute approximate surface area is 214 Å². The monoisotopic (exact) mass is 498 g/mol. The molecule has 0 aliphatic carbocycles. The zero-order chi connectivity index (χ0) is 26.5. The molecule has 3 rings (SSSR count). The summed E-state index contributed by atoms with van der Waals surface area (Å²) in [5, 5.41) is 0. The molecule has 0 aromatic heterocycles. The molecule has 8 nitrogen and oxygen atoms in total. The van der Waals surface area contributed by atoms with Gasteiger partial charge in [-0.1, -0.05) is 51.1 Å². The van der Waals surface area contributed by atoms with E-state index >= 15 is 0 Å². The van der Waals surface area contributed by atoms with Crippen molar-refractivity contribution in [1.82, 2.24) is 4.90 Å². The molecule has 2 amide bonds. The summed E-state index contributed by atoms with van der Waals surface area (Å²) >= 11 is 0. The van der Waals surface area contributed by atoms with Crippen molar-refractivity contribution in [3.05, 3.63) is 53.6 Å². The van der Waals surface area contributed by atoms with Crippen molar-refractivity contribution in [2.45, 2.75) is 59.7 Å². The number of carbonyl (C=O) groups is 2. The van der Waals surface area contributed by atoms with Crippen molar-refractivity contribution in [2.75, 3.05) is 32.3 Å². The predicted molar refractivity (Wildman–Crippen MR) is 139 cm³/mol. The number of hydrogen-bond donors (Lipinski definition) is 0. The van der Waals surface area contributed by atoms with Gasteiger partial charge in [0.25, 0.3) is 0 Å². The molecular weight excluding hydrogens is 460 g/mol. The van der Waals surface area contributed by atoms with Gasteiger partial charge in [-0.25, -0.2) is 9.59 Å². The van der Waals surface area contributed by atoms with Crippen LogP contribution in [0.2, 0.25) is 0 Å². The highest BCUT2D eigenvalue weighted by Gasteiger charge is 2.40. The fraction of sp³-hybridized carbons (Fsp3) is 0.500. The van der Waals surface area contributed by atoms with Gasteiger partial charge >= 0.3 is 12.2 Å². The first-order valence-corrected chi connectivity index (χ1v) is 12.3. The van der Waals surface area contributed by atoms with E-state index in [0.717, 1.165) is 11.1 Å². The van der Waals surface area contributed by atoms with Crippen molar-refractivity contribution in [1.29, 1.82) is 0 Å². The first kappa shape index (κ1) is 27.2. The molecule has 2 atom stereocenters. The van der Waals surface area contributed by atoms with E-state index in [9.17, 15) is 9.59 Å². The zero-order valence-electron chi connectivity index (χ0n) is 22.4. The molecule has 0 spiro atoms. The number of benzene rings is 2. The molecule has 36 heavy (non-hydrogen) atoms.